The summed E-state index contributed by atoms with van der Waals surface area (Å²) in [5.74, 6) is 0.760. The second kappa shape index (κ2) is 5.64. The number of halogens is 3. The lowest BCUT2D eigenvalue weighted by molar-refractivity contribution is -0.137. The maximum atomic E-state index is 12.6. The SMILES string of the molecule is CSCc1cc2nccc(-c3ccc(C(F)(F)F)cc3)n2n1. The number of fused-ring (bicyclic) bond motifs is 1. The normalized spacial score (nSPS) is 12.0. The van der Waals surface area contributed by atoms with Crippen LogP contribution < -0.4 is 0 Å². The van der Waals surface area contributed by atoms with Gasteiger partial charge in [-0.3, -0.25) is 0 Å². The number of alkyl halides is 3. The largest absolute Gasteiger partial charge is 0.416 e. The molecule has 0 aliphatic carbocycles. The molecule has 3 rings (SSSR count). The molecule has 0 aliphatic rings. The van der Waals surface area contributed by atoms with Crippen molar-refractivity contribution in [1.29, 1.82) is 0 Å². The summed E-state index contributed by atoms with van der Waals surface area (Å²) in [6.45, 7) is 0. The Kier molecular flexibility index (Phi) is 3.82. The summed E-state index contributed by atoms with van der Waals surface area (Å²) in [4.78, 5) is 4.24. The lowest BCUT2D eigenvalue weighted by atomic mass is 10.1. The van der Waals surface area contributed by atoms with Crippen molar-refractivity contribution in [2.24, 2.45) is 0 Å². The summed E-state index contributed by atoms with van der Waals surface area (Å²) in [5.41, 5.74) is 2.29. The zero-order valence-corrected chi connectivity index (χ0v) is 12.4. The number of hydrogen-bond acceptors (Lipinski definition) is 3. The van der Waals surface area contributed by atoms with E-state index in [-0.39, 0.29) is 0 Å². The van der Waals surface area contributed by atoms with Crippen LogP contribution in [0, 0.1) is 0 Å². The average Bonchev–Trinajstić information content (AvgIpc) is 2.89. The van der Waals surface area contributed by atoms with E-state index in [1.807, 2.05) is 12.3 Å². The van der Waals surface area contributed by atoms with E-state index in [0.29, 0.717) is 16.9 Å². The van der Waals surface area contributed by atoms with Crippen LogP contribution in [0.1, 0.15) is 11.3 Å². The highest BCUT2D eigenvalue weighted by atomic mass is 32.2. The van der Waals surface area contributed by atoms with Gasteiger partial charge in [-0.2, -0.15) is 30.0 Å². The van der Waals surface area contributed by atoms with Crippen molar-refractivity contribution in [3.63, 3.8) is 0 Å². The van der Waals surface area contributed by atoms with Crippen LogP contribution in [-0.4, -0.2) is 20.9 Å². The lowest BCUT2D eigenvalue weighted by Gasteiger charge is -2.08. The van der Waals surface area contributed by atoms with E-state index in [1.54, 1.807) is 28.5 Å². The highest BCUT2D eigenvalue weighted by molar-refractivity contribution is 7.97. The quantitative estimate of drug-likeness (QED) is 0.721. The molecule has 114 valence electrons. The first-order valence-electron chi connectivity index (χ1n) is 6.49. The number of rotatable bonds is 3. The molecule has 1 aromatic carbocycles. The molecule has 0 N–H and O–H groups in total. The van der Waals surface area contributed by atoms with Crippen molar-refractivity contribution in [1.82, 2.24) is 14.6 Å². The van der Waals surface area contributed by atoms with Crippen LogP contribution >= 0.6 is 11.8 Å². The van der Waals surface area contributed by atoms with Crippen molar-refractivity contribution in [3.05, 3.63) is 53.9 Å². The molecule has 3 nitrogen and oxygen atoms in total. The van der Waals surface area contributed by atoms with Crippen molar-refractivity contribution >= 4 is 17.4 Å². The Morgan fingerprint density at radius 3 is 2.50 bits per heavy atom. The molecule has 2 aromatic heterocycles. The fourth-order valence-corrected chi connectivity index (χ4v) is 2.65. The first-order chi connectivity index (χ1) is 10.5. The minimum absolute atomic E-state index is 0.662. The predicted octanol–water partition coefficient (Wildman–Crippen LogP) is 4.28. The molecule has 0 aliphatic heterocycles. The maximum absolute atomic E-state index is 12.6. The van der Waals surface area contributed by atoms with E-state index in [4.69, 9.17) is 0 Å². The monoisotopic (exact) mass is 323 g/mol. The highest BCUT2D eigenvalue weighted by Gasteiger charge is 2.30. The van der Waals surface area contributed by atoms with Crippen molar-refractivity contribution in [3.8, 4) is 11.3 Å². The molecule has 0 bridgehead atoms. The Labute approximate surface area is 129 Å². The van der Waals surface area contributed by atoms with Gasteiger partial charge in [0.2, 0.25) is 0 Å². The van der Waals surface area contributed by atoms with Gasteiger partial charge in [-0.1, -0.05) is 12.1 Å². The number of aromatic nitrogens is 3. The molecule has 7 heteroatoms. The first kappa shape index (κ1) is 14.9. The van der Waals surface area contributed by atoms with Gasteiger partial charge in [-0.25, -0.2) is 9.50 Å². The molecule has 0 unspecified atom stereocenters. The Hall–Kier alpha value is -2.02. The van der Waals surface area contributed by atoms with Gasteiger partial charge in [0.15, 0.2) is 5.65 Å². The molecule has 0 spiro atoms. The van der Waals surface area contributed by atoms with E-state index >= 15 is 0 Å². The van der Waals surface area contributed by atoms with E-state index in [2.05, 4.69) is 10.1 Å². The maximum Gasteiger partial charge on any atom is 0.416 e. The van der Waals surface area contributed by atoms with E-state index < -0.39 is 11.7 Å². The summed E-state index contributed by atoms with van der Waals surface area (Å²) < 4.78 is 39.6. The van der Waals surface area contributed by atoms with Crippen LogP contribution in [0.5, 0.6) is 0 Å². The van der Waals surface area contributed by atoms with Crippen LogP contribution in [0.4, 0.5) is 13.2 Å². The van der Waals surface area contributed by atoms with Crippen molar-refractivity contribution in [2.45, 2.75) is 11.9 Å². The Morgan fingerprint density at radius 1 is 1.14 bits per heavy atom. The third-order valence-corrected chi connectivity index (χ3v) is 3.79. The molecule has 2 heterocycles. The second-order valence-corrected chi connectivity index (χ2v) is 5.61. The molecule has 0 fully saturated rings. The summed E-state index contributed by atoms with van der Waals surface area (Å²) in [6, 6.07) is 8.68. The zero-order chi connectivity index (χ0) is 15.7. The van der Waals surface area contributed by atoms with Gasteiger partial charge in [-0.05, 0) is 24.5 Å². The van der Waals surface area contributed by atoms with Gasteiger partial charge in [0.25, 0.3) is 0 Å². The van der Waals surface area contributed by atoms with Gasteiger partial charge in [0, 0.05) is 23.6 Å². The van der Waals surface area contributed by atoms with Gasteiger partial charge >= 0.3 is 6.18 Å². The number of nitrogens with zero attached hydrogens (tertiary/aromatic N) is 3. The van der Waals surface area contributed by atoms with E-state index in [0.717, 1.165) is 23.6 Å². The zero-order valence-electron chi connectivity index (χ0n) is 11.6. The standard InChI is InChI=1S/C15H12F3N3S/c1-22-9-12-8-14-19-7-6-13(21(14)20-12)10-2-4-11(5-3-10)15(16,17)18/h2-8H,9H2,1H3. The predicted molar refractivity (Wildman–Crippen MR) is 80.6 cm³/mol. The van der Waals surface area contributed by atoms with Crippen LogP contribution in [0.2, 0.25) is 0 Å². The molecule has 0 saturated heterocycles. The molecule has 3 aromatic rings. The van der Waals surface area contributed by atoms with Crippen LogP contribution in [0.3, 0.4) is 0 Å². The third-order valence-electron chi connectivity index (χ3n) is 3.21. The Morgan fingerprint density at radius 2 is 1.86 bits per heavy atom. The topological polar surface area (TPSA) is 30.2 Å². The Bertz CT molecular complexity index is 794. The van der Waals surface area contributed by atoms with Gasteiger partial charge < -0.3 is 0 Å². The minimum Gasteiger partial charge on any atom is -0.237 e. The molecule has 0 amide bonds. The summed E-state index contributed by atoms with van der Waals surface area (Å²) in [5, 5.41) is 4.46. The Balaban J connectivity index is 2.06. The van der Waals surface area contributed by atoms with E-state index in [9.17, 15) is 13.2 Å². The van der Waals surface area contributed by atoms with Crippen molar-refractivity contribution in [2.75, 3.05) is 6.26 Å². The van der Waals surface area contributed by atoms with Gasteiger partial charge in [0.1, 0.15) is 0 Å². The summed E-state index contributed by atoms with van der Waals surface area (Å²) in [6.07, 6.45) is -0.718. The van der Waals surface area contributed by atoms with Crippen LogP contribution in [0.25, 0.3) is 16.9 Å². The lowest BCUT2D eigenvalue weighted by Crippen LogP contribution is -2.04. The molecule has 22 heavy (non-hydrogen) atoms. The van der Waals surface area contributed by atoms with Crippen LogP contribution in [0.15, 0.2) is 42.6 Å². The average molecular weight is 323 g/mol. The van der Waals surface area contributed by atoms with Crippen molar-refractivity contribution < 1.29 is 13.2 Å². The van der Waals surface area contributed by atoms with Gasteiger partial charge in [0.05, 0.1) is 17.0 Å². The molecular weight excluding hydrogens is 311 g/mol. The van der Waals surface area contributed by atoms with E-state index in [1.165, 1.54) is 12.1 Å². The number of thioether (sulfide) groups is 1. The fourth-order valence-electron chi connectivity index (χ4n) is 2.21. The third kappa shape index (κ3) is 2.81. The van der Waals surface area contributed by atoms with Crippen LogP contribution in [-0.2, 0) is 11.9 Å². The molecule has 0 radical (unpaired) electrons. The molecular formula is C15H12F3N3S. The minimum atomic E-state index is -4.33. The number of benzene rings is 1. The first-order valence-corrected chi connectivity index (χ1v) is 7.88. The summed E-state index contributed by atoms with van der Waals surface area (Å²) in [7, 11) is 0. The van der Waals surface area contributed by atoms with Gasteiger partial charge in [-0.15, -0.1) is 0 Å². The fraction of sp³-hybridized carbons (Fsp3) is 0.200. The smallest absolute Gasteiger partial charge is 0.237 e. The molecule has 0 saturated carbocycles. The number of hydrogen-bond donors (Lipinski definition) is 0. The summed E-state index contributed by atoms with van der Waals surface area (Å²) >= 11 is 1.65. The molecule has 0 atom stereocenters. The second-order valence-electron chi connectivity index (χ2n) is 4.74. The highest BCUT2D eigenvalue weighted by Crippen LogP contribution is 2.31.